The van der Waals surface area contributed by atoms with Gasteiger partial charge in [0.05, 0.1) is 6.10 Å². The molecule has 0 fully saturated rings. The third-order valence-corrected chi connectivity index (χ3v) is 4.40. The molecule has 1 atom stereocenters. The lowest BCUT2D eigenvalue weighted by Crippen LogP contribution is -2.09. The Morgan fingerprint density at radius 3 is 2.41 bits per heavy atom. The molecule has 17 heavy (non-hydrogen) atoms. The Morgan fingerprint density at radius 1 is 1.06 bits per heavy atom. The molecule has 0 saturated carbocycles. The lowest BCUT2D eigenvalue weighted by Gasteiger charge is -2.08. The molecule has 0 saturated heterocycles. The fourth-order valence-electron chi connectivity index (χ4n) is 2.04. The fourth-order valence-corrected chi connectivity index (χ4v) is 3.07. The van der Waals surface area contributed by atoms with E-state index in [1.54, 1.807) is 0 Å². The average molecular weight is 254 g/mol. The Bertz CT molecular complexity index is 293. The van der Waals surface area contributed by atoms with Crippen LogP contribution in [0.25, 0.3) is 0 Å². The lowest BCUT2D eigenvalue weighted by molar-refractivity contribution is 0.162. The number of rotatable bonds is 9. The number of aliphatic hydroxyl groups excluding tert-OH is 1. The van der Waals surface area contributed by atoms with Crippen LogP contribution in [0.1, 0.15) is 62.1 Å². The van der Waals surface area contributed by atoms with Crippen molar-refractivity contribution in [2.45, 2.75) is 71.3 Å². The molecule has 1 N–H and O–H groups in total. The van der Waals surface area contributed by atoms with Gasteiger partial charge in [0, 0.05) is 16.2 Å². The van der Waals surface area contributed by atoms with Crippen LogP contribution in [0.2, 0.25) is 0 Å². The number of thiophene rings is 1. The molecule has 0 aliphatic carbocycles. The van der Waals surface area contributed by atoms with E-state index in [0.29, 0.717) is 0 Å². The van der Waals surface area contributed by atoms with Crippen molar-refractivity contribution in [2.75, 3.05) is 0 Å². The Labute approximate surface area is 110 Å². The average Bonchev–Trinajstić information content (AvgIpc) is 2.76. The van der Waals surface area contributed by atoms with Crippen molar-refractivity contribution in [3.8, 4) is 0 Å². The van der Waals surface area contributed by atoms with Crippen LogP contribution in [0.15, 0.2) is 12.1 Å². The van der Waals surface area contributed by atoms with Gasteiger partial charge in [-0.3, -0.25) is 0 Å². The maximum absolute atomic E-state index is 9.95. The smallest absolute Gasteiger partial charge is 0.0588 e. The lowest BCUT2D eigenvalue weighted by atomic mass is 10.1. The molecule has 1 nitrogen and oxygen atoms in total. The Hall–Kier alpha value is -0.340. The van der Waals surface area contributed by atoms with Crippen molar-refractivity contribution in [3.05, 3.63) is 21.9 Å². The fraction of sp³-hybridized carbons (Fsp3) is 0.733. The first-order chi connectivity index (χ1) is 8.26. The largest absolute Gasteiger partial charge is 0.393 e. The summed E-state index contributed by atoms with van der Waals surface area (Å²) < 4.78 is 0. The molecule has 2 heteroatoms. The summed E-state index contributed by atoms with van der Waals surface area (Å²) in [4.78, 5) is 2.76. The molecule has 0 spiro atoms. The Kier molecular flexibility index (Phi) is 7.54. The minimum absolute atomic E-state index is 0.139. The molecule has 1 heterocycles. The normalized spacial score (nSPS) is 12.9. The highest BCUT2D eigenvalue weighted by Crippen LogP contribution is 2.20. The van der Waals surface area contributed by atoms with Crippen LogP contribution in [0, 0.1) is 0 Å². The summed E-state index contributed by atoms with van der Waals surface area (Å²) in [5.41, 5.74) is 0. The van der Waals surface area contributed by atoms with Crippen molar-refractivity contribution in [1.29, 1.82) is 0 Å². The van der Waals surface area contributed by atoms with Crippen LogP contribution in [0.3, 0.4) is 0 Å². The third-order valence-electron chi connectivity index (χ3n) is 3.14. The molecule has 1 aromatic rings. The standard InChI is InChI=1S/C15H26OS/c1-3-5-6-7-8-9-13(16)12-15-11-10-14(4-2)17-15/h10-11,13,16H,3-9,12H2,1-2H3. The van der Waals surface area contributed by atoms with Gasteiger partial charge in [0.1, 0.15) is 0 Å². The minimum Gasteiger partial charge on any atom is -0.393 e. The highest BCUT2D eigenvalue weighted by Gasteiger charge is 2.07. The maximum Gasteiger partial charge on any atom is 0.0588 e. The van der Waals surface area contributed by atoms with Gasteiger partial charge in [0.15, 0.2) is 0 Å². The molecular formula is C15H26OS. The summed E-state index contributed by atoms with van der Waals surface area (Å²) in [6.07, 6.45) is 9.17. The summed E-state index contributed by atoms with van der Waals surface area (Å²) >= 11 is 1.85. The number of hydrogen-bond acceptors (Lipinski definition) is 2. The van der Waals surface area contributed by atoms with E-state index in [-0.39, 0.29) is 6.10 Å². The zero-order valence-electron chi connectivity index (χ0n) is 11.2. The highest BCUT2D eigenvalue weighted by molar-refractivity contribution is 7.11. The van der Waals surface area contributed by atoms with E-state index in [1.165, 1.54) is 41.9 Å². The quantitative estimate of drug-likeness (QED) is 0.640. The molecule has 0 aromatic carbocycles. The van der Waals surface area contributed by atoms with E-state index >= 15 is 0 Å². The van der Waals surface area contributed by atoms with Crippen LogP contribution < -0.4 is 0 Å². The van der Waals surface area contributed by atoms with Crippen molar-refractivity contribution in [2.24, 2.45) is 0 Å². The molecule has 0 radical (unpaired) electrons. The number of hydrogen-bond donors (Lipinski definition) is 1. The van der Waals surface area contributed by atoms with Gasteiger partial charge < -0.3 is 5.11 Å². The zero-order valence-corrected chi connectivity index (χ0v) is 12.1. The van der Waals surface area contributed by atoms with E-state index in [2.05, 4.69) is 26.0 Å². The second-order valence-corrected chi connectivity index (χ2v) is 6.04. The second kappa shape index (κ2) is 8.71. The van der Waals surface area contributed by atoms with E-state index in [0.717, 1.165) is 19.3 Å². The maximum atomic E-state index is 9.95. The molecule has 0 aliphatic rings. The van der Waals surface area contributed by atoms with Crippen LogP contribution in [-0.2, 0) is 12.8 Å². The van der Waals surface area contributed by atoms with Gasteiger partial charge in [-0.25, -0.2) is 0 Å². The predicted octanol–water partition coefficient (Wildman–Crippen LogP) is 4.57. The molecule has 1 rings (SSSR count). The van der Waals surface area contributed by atoms with Crippen molar-refractivity contribution in [3.63, 3.8) is 0 Å². The summed E-state index contributed by atoms with van der Waals surface area (Å²) in [5.74, 6) is 0. The van der Waals surface area contributed by atoms with E-state index < -0.39 is 0 Å². The SMILES string of the molecule is CCCCCCCC(O)Cc1ccc(CC)s1. The van der Waals surface area contributed by atoms with Gasteiger partial charge in [-0.05, 0) is 25.0 Å². The molecular weight excluding hydrogens is 228 g/mol. The van der Waals surface area contributed by atoms with Crippen molar-refractivity contribution in [1.82, 2.24) is 0 Å². The molecule has 1 unspecified atom stereocenters. The number of aryl methyl sites for hydroxylation is 1. The summed E-state index contributed by atoms with van der Waals surface area (Å²) in [6.45, 7) is 4.41. The van der Waals surface area contributed by atoms with Crippen LogP contribution in [0.5, 0.6) is 0 Å². The highest BCUT2D eigenvalue weighted by atomic mass is 32.1. The molecule has 0 bridgehead atoms. The Balaban J connectivity index is 2.13. The second-order valence-electron chi connectivity index (χ2n) is 4.78. The minimum atomic E-state index is -0.139. The summed E-state index contributed by atoms with van der Waals surface area (Å²) in [7, 11) is 0. The third kappa shape index (κ3) is 6.23. The van der Waals surface area contributed by atoms with E-state index in [1.807, 2.05) is 11.3 Å². The molecule has 0 aliphatic heterocycles. The molecule has 1 aromatic heterocycles. The van der Waals surface area contributed by atoms with Gasteiger partial charge in [-0.15, -0.1) is 11.3 Å². The van der Waals surface area contributed by atoms with Gasteiger partial charge in [-0.2, -0.15) is 0 Å². The Morgan fingerprint density at radius 2 is 1.76 bits per heavy atom. The van der Waals surface area contributed by atoms with Crippen LogP contribution in [0.4, 0.5) is 0 Å². The summed E-state index contributed by atoms with van der Waals surface area (Å²) in [6, 6.07) is 4.36. The van der Waals surface area contributed by atoms with Crippen LogP contribution >= 0.6 is 11.3 Å². The van der Waals surface area contributed by atoms with E-state index in [9.17, 15) is 5.11 Å². The van der Waals surface area contributed by atoms with Crippen molar-refractivity contribution < 1.29 is 5.11 Å². The van der Waals surface area contributed by atoms with Crippen molar-refractivity contribution >= 4 is 11.3 Å². The van der Waals surface area contributed by atoms with Gasteiger partial charge in [0.25, 0.3) is 0 Å². The van der Waals surface area contributed by atoms with Gasteiger partial charge >= 0.3 is 0 Å². The monoisotopic (exact) mass is 254 g/mol. The topological polar surface area (TPSA) is 20.2 Å². The van der Waals surface area contributed by atoms with E-state index in [4.69, 9.17) is 0 Å². The van der Waals surface area contributed by atoms with Crippen LogP contribution in [-0.4, -0.2) is 11.2 Å². The first-order valence-electron chi connectivity index (χ1n) is 7.01. The first-order valence-corrected chi connectivity index (χ1v) is 7.83. The van der Waals surface area contributed by atoms with Gasteiger partial charge in [0.2, 0.25) is 0 Å². The zero-order chi connectivity index (χ0) is 12.5. The molecule has 0 amide bonds. The summed E-state index contributed by atoms with van der Waals surface area (Å²) in [5, 5.41) is 9.95. The molecule has 98 valence electrons. The predicted molar refractivity (Wildman–Crippen MR) is 76.8 cm³/mol. The van der Waals surface area contributed by atoms with Gasteiger partial charge in [-0.1, -0.05) is 46.0 Å². The number of unbranched alkanes of at least 4 members (excludes halogenated alkanes) is 4. The first kappa shape index (κ1) is 14.7. The number of aliphatic hydroxyl groups is 1.